The molecule has 0 aromatic carbocycles. The van der Waals surface area contributed by atoms with E-state index < -0.39 is 11.0 Å². The predicted octanol–water partition coefficient (Wildman–Crippen LogP) is 3.53. The van der Waals surface area contributed by atoms with Crippen molar-refractivity contribution < 1.29 is 14.6 Å². The monoisotopic (exact) mass is 318 g/mol. The van der Waals surface area contributed by atoms with Crippen molar-refractivity contribution in [3.8, 4) is 0 Å². The summed E-state index contributed by atoms with van der Waals surface area (Å²) in [6.07, 6.45) is 6.24. The lowest BCUT2D eigenvalue weighted by Crippen LogP contribution is -2.49. The van der Waals surface area contributed by atoms with Crippen LogP contribution in [0.1, 0.15) is 47.0 Å². The summed E-state index contributed by atoms with van der Waals surface area (Å²) in [6.45, 7) is 12.4. The SMILES string of the molecule is C=C[C@@]1(C)C[C@@H]2[C@@H](OC)[C@H](C)C[C@@H]2[C@@]1(O)C1=CC(C)(C)CC1=O. The van der Waals surface area contributed by atoms with Gasteiger partial charge in [0.1, 0.15) is 5.60 Å². The van der Waals surface area contributed by atoms with Gasteiger partial charge in [0.25, 0.3) is 0 Å². The first-order chi connectivity index (χ1) is 10.6. The second-order valence-corrected chi connectivity index (χ2v) is 8.92. The van der Waals surface area contributed by atoms with Crippen LogP contribution in [0.25, 0.3) is 0 Å². The molecule has 23 heavy (non-hydrogen) atoms. The maximum Gasteiger partial charge on any atom is 0.162 e. The first-order valence-electron chi connectivity index (χ1n) is 8.75. The van der Waals surface area contributed by atoms with Gasteiger partial charge in [-0.25, -0.2) is 0 Å². The van der Waals surface area contributed by atoms with Gasteiger partial charge >= 0.3 is 0 Å². The average Bonchev–Trinajstić information content (AvgIpc) is 3.00. The zero-order valence-electron chi connectivity index (χ0n) is 15.1. The zero-order valence-corrected chi connectivity index (χ0v) is 15.1. The van der Waals surface area contributed by atoms with Crippen molar-refractivity contribution in [1.29, 1.82) is 0 Å². The highest BCUT2D eigenvalue weighted by atomic mass is 16.5. The molecule has 0 saturated heterocycles. The summed E-state index contributed by atoms with van der Waals surface area (Å²) in [6, 6.07) is 0. The minimum absolute atomic E-state index is 0.0644. The first-order valence-corrected chi connectivity index (χ1v) is 8.75. The Bertz CT molecular complexity index is 575. The van der Waals surface area contributed by atoms with E-state index in [4.69, 9.17) is 4.74 Å². The number of allylic oxidation sites excluding steroid dienone is 1. The third-order valence-electron chi connectivity index (χ3n) is 6.78. The number of ether oxygens (including phenoxy) is 1. The molecule has 128 valence electrons. The van der Waals surface area contributed by atoms with Crippen molar-refractivity contribution in [2.45, 2.75) is 58.7 Å². The molecule has 0 heterocycles. The third-order valence-corrected chi connectivity index (χ3v) is 6.78. The van der Waals surface area contributed by atoms with E-state index in [2.05, 4.69) is 34.3 Å². The van der Waals surface area contributed by atoms with E-state index in [1.54, 1.807) is 7.11 Å². The van der Waals surface area contributed by atoms with Crippen LogP contribution in [0.2, 0.25) is 0 Å². The molecule has 2 saturated carbocycles. The van der Waals surface area contributed by atoms with Crippen LogP contribution in [0.15, 0.2) is 24.3 Å². The van der Waals surface area contributed by atoms with Crippen LogP contribution in [0.5, 0.6) is 0 Å². The molecule has 3 heteroatoms. The van der Waals surface area contributed by atoms with Gasteiger partial charge in [-0.1, -0.05) is 39.8 Å². The minimum Gasteiger partial charge on any atom is -0.384 e. The second kappa shape index (κ2) is 5.03. The molecule has 0 amide bonds. The number of hydrogen-bond acceptors (Lipinski definition) is 3. The largest absolute Gasteiger partial charge is 0.384 e. The number of carbonyl (C=O) groups excluding carboxylic acids is 1. The van der Waals surface area contributed by atoms with Crippen LogP contribution >= 0.6 is 0 Å². The van der Waals surface area contributed by atoms with Gasteiger partial charge in [-0.05, 0) is 36.0 Å². The second-order valence-electron chi connectivity index (χ2n) is 8.92. The zero-order chi connectivity index (χ0) is 17.2. The lowest BCUT2D eigenvalue weighted by atomic mass is 9.67. The molecule has 0 aromatic heterocycles. The number of fused-ring (bicyclic) bond motifs is 1. The van der Waals surface area contributed by atoms with Crippen molar-refractivity contribution in [2.75, 3.05) is 7.11 Å². The molecule has 0 aromatic rings. The summed E-state index contributed by atoms with van der Waals surface area (Å²) >= 11 is 0. The molecule has 6 atom stereocenters. The molecule has 0 bridgehead atoms. The first kappa shape index (κ1) is 16.9. The Labute approximate surface area is 139 Å². The fourth-order valence-electron chi connectivity index (χ4n) is 5.68. The van der Waals surface area contributed by atoms with Gasteiger partial charge in [0.05, 0.1) is 6.10 Å². The molecule has 1 N–H and O–H groups in total. The average molecular weight is 318 g/mol. The van der Waals surface area contributed by atoms with Gasteiger partial charge in [-0.2, -0.15) is 0 Å². The summed E-state index contributed by atoms with van der Waals surface area (Å²) < 4.78 is 5.75. The maximum absolute atomic E-state index is 12.7. The van der Waals surface area contributed by atoms with Crippen LogP contribution < -0.4 is 0 Å². The summed E-state index contributed by atoms with van der Waals surface area (Å²) in [5.74, 6) is 0.843. The van der Waals surface area contributed by atoms with Crippen molar-refractivity contribution in [2.24, 2.45) is 28.6 Å². The summed E-state index contributed by atoms with van der Waals surface area (Å²) in [4.78, 5) is 12.7. The third kappa shape index (κ3) is 2.12. The van der Waals surface area contributed by atoms with Gasteiger partial charge in [-0.15, -0.1) is 6.58 Å². The van der Waals surface area contributed by atoms with Gasteiger partial charge < -0.3 is 9.84 Å². The highest BCUT2D eigenvalue weighted by Crippen LogP contribution is 2.64. The highest BCUT2D eigenvalue weighted by Gasteiger charge is 2.67. The van der Waals surface area contributed by atoms with E-state index >= 15 is 0 Å². The van der Waals surface area contributed by atoms with Crippen LogP contribution in [0.4, 0.5) is 0 Å². The van der Waals surface area contributed by atoms with E-state index in [1.165, 1.54) is 0 Å². The molecule has 0 spiro atoms. The minimum atomic E-state index is -1.12. The highest BCUT2D eigenvalue weighted by molar-refractivity contribution is 6.00. The molecule has 0 aliphatic heterocycles. The fraction of sp³-hybridized carbons (Fsp3) is 0.750. The number of ketones is 1. The Morgan fingerprint density at radius 2 is 2.04 bits per heavy atom. The number of hydrogen-bond donors (Lipinski definition) is 1. The normalized spacial score (nSPS) is 48.4. The summed E-state index contributed by atoms with van der Waals surface area (Å²) in [5.41, 5.74) is -1.15. The molecule has 2 fully saturated rings. The smallest absolute Gasteiger partial charge is 0.162 e. The van der Waals surface area contributed by atoms with Crippen LogP contribution in [-0.4, -0.2) is 29.7 Å². The van der Waals surface area contributed by atoms with Gasteiger partial charge in [0, 0.05) is 24.5 Å². The lowest BCUT2D eigenvalue weighted by molar-refractivity contribution is -0.120. The fourth-order valence-corrected chi connectivity index (χ4v) is 5.68. The molecular formula is C20H30O3. The molecule has 3 aliphatic rings. The van der Waals surface area contributed by atoms with Gasteiger partial charge in [-0.3, -0.25) is 4.79 Å². The number of carbonyl (C=O) groups is 1. The number of methoxy groups -OCH3 is 1. The lowest BCUT2D eigenvalue weighted by Gasteiger charge is -2.42. The van der Waals surface area contributed by atoms with Gasteiger partial charge in [0.15, 0.2) is 5.78 Å². The standard InChI is InChI=1S/C20H30O3/c1-7-19(5)9-13-14(8-12(2)17(13)23-6)20(19,22)15-10-18(3,4)11-16(15)21/h7,10,12-14,17,22H,1,8-9,11H2,2-6H3/t12-,13+,14+,17+,19+,20-/m1/s1. The van der Waals surface area contributed by atoms with E-state index in [0.29, 0.717) is 17.9 Å². The van der Waals surface area contributed by atoms with Crippen molar-refractivity contribution in [3.63, 3.8) is 0 Å². The predicted molar refractivity (Wildman–Crippen MR) is 90.9 cm³/mol. The topological polar surface area (TPSA) is 46.5 Å². The number of Topliss-reactive ketones (excluding diaryl/α,β-unsaturated/α-hetero) is 1. The Morgan fingerprint density at radius 3 is 2.52 bits per heavy atom. The molecular weight excluding hydrogens is 288 g/mol. The molecule has 3 rings (SSSR count). The Kier molecular flexibility index (Phi) is 3.70. The van der Waals surface area contributed by atoms with E-state index in [9.17, 15) is 9.90 Å². The molecule has 3 nitrogen and oxygen atoms in total. The molecule has 0 radical (unpaired) electrons. The molecule has 0 unspecified atom stereocenters. The summed E-state index contributed by atoms with van der Waals surface area (Å²) in [5, 5.41) is 11.9. The maximum atomic E-state index is 12.7. The van der Waals surface area contributed by atoms with Crippen molar-refractivity contribution in [3.05, 3.63) is 24.3 Å². The van der Waals surface area contributed by atoms with Crippen LogP contribution in [-0.2, 0) is 9.53 Å². The number of aliphatic hydroxyl groups is 1. The summed E-state index contributed by atoms with van der Waals surface area (Å²) in [7, 11) is 1.76. The van der Waals surface area contributed by atoms with Crippen molar-refractivity contribution >= 4 is 5.78 Å². The number of rotatable bonds is 3. The van der Waals surface area contributed by atoms with Gasteiger partial charge in [0.2, 0.25) is 0 Å². The van der Waals surface area contributed by atoms with E-state index in [-0.39, 0.29) is 29.1 Å². The molecule has 3 aliphatic carbocycles. The Balaban J connectivity index is 2.11. The van der Waals surface area contributed by atoms with E-state index in [0.717, 1.165) is 12.8 Å². The van der Waals surface area contributed by atoms with Crippen LogP contribution in [0.3, 0.4) is 0 Å². The quantitative estimate of drug-likeness (QED) is 0.810. The van der Waals surface area contributed by atoms with E-state index in [1.807, 2.05) is 12.2 Å². The Hall–Kier alpha value is -0.930. The van der Waals surface area contributed by atoms with Crippen LogP contribution in [0, 0.1) is 28.6 Å². The van der Waals surface area contributed by atoms with Crippen molar-refractivity contribution in [1.82, 2.24) is 0 Å². The Morgan fingerprint density at radius 1 is 1.39 bits per heavy atom.